The molecule has 0 spiro atoms. The topological polar surface area (TPSA) is 56.1 Å². The van der Waals surface area contributed by atoms with Gasteiger partial charge in [0.15, 0.2) is 11.6 Å². The molecule has 0 amide bonds. The lowest BCUT2D eigenvalue weighted by Crippen LogP contribution is -2.32. The third-order valence-corrected chi connectivity index (χ3v) is 5.51. The van der Waals surface area contributed by atoms with Crippen LogP contribution in [0.5, 0.6) is 0 Å². The molecule has 0 saturated heterocycles. The third kappa shape index (κ3) is 4.32. The molecule has 0 N–H and O–H groups in total. The molecule has 2 aromatic carbocycles. The van der Waals surface area contributed by atoms with Crippen LogP contribution in [0.1, 0.15) is 32.3 Å². The summed E-state index contributed by atoms with van der Waals surface area (Å²) < 4.78 is 15.3. The number of hydrogen-bond acceptors (Lipinski definition) is 4. The Balaban J connectivity index is 2.43. The average molecular weight is 409 g/mol. The van der Waals surface area contributed by atoms with Crippen molar-refractivity contribution in [1.29, 1.82) is 0 Å². The molecular formula is C23H20FNO3S. The van der Waals surface area contributed by atoms with Crippen LogP contribution in [0.25, 0.3) is 17.3 Å². The van der Waals surface area contributed by atoms with Crippen molar-refractivity contribution in [1.82, 2.24) is 4.57 Å². The first-order chi connectivity index (χ1) is 14.0. The standard InChI is InChI=1S/C23H20FNO3S/c1-3-18(26)21(19(27)4-2)23-25(17-8-6-5-7-9-17)22(28)20(29-23)14-15-10-12-16(24)13-11-15/h5-14H,3-4H2,1-2H3. The highest BCUT2D eigenvalue weighted by atomic mass is 32.1. The van der Waals surface area contributed by atoms with Gasteiger partial charge in [-0.25, -0.2) is 4.39 Å². The van der Waals surface area contributed by atoms with Crippen molar-refractivity contribution in [3.63, 3.8) is 0 Å². The Kier molecular flexibility index (Phi) is 6.34. The van der Waals surface area contributed by atoms with Crippen LogP contribution in [-0.2, 0) is 9.59 Å². The summed E-state index contributed by atoms with van der Waals surface area (Å²) in [5.74, 6) is -0.958. The van der Waals surface area contributed by atoms with E-state index in [1.54, 1.807) is 56.3 Å². The number of aromatic nitrogens is 1. The van der Waals surface area contributed by atoms with Crippen LogP contribution in [0.4, 0.5) is 4.39 Å². The summed E-state index contributed by atoms with van der Waals surface area (Å²) >= 11 is 1.10. The Morgan fingerprint density at radius 3 is 2.10 bits per heavy atom. The van der Waals surface area contributed by atoms with Gasteiger partial charge in [-0.1, -0.05) is 44.2 Å². The van der Waals surface area contributed by atoms with E-state index in [-0.39, 0.29) is 41.4 Å². The second-order valence-corrected chi connectivity index (χ2v) is 7.40. The van der Waals surface area contributed by atoms with E-state index in [2.05, 4.69) is 0 Å². The highest BCUT2D eigenvalue weighted by molar-refractivity contribution is 7.08. The number of ketones is 2. The molecule has 3 rings (SSSR count). The predicted octanol–water partition coefficient (Wildman–Crippen LogP) is 2.98. The van der Waals surface area contributed by atoms with Gasteiger partial charge >= 0.3 is 0 Å². The molecule has 1 heterocycles. The number of thiazole rings is 1. The molecule has 29 heavy (non-hydrogen) atoms. The second kappa shape index (κ2) is 8.92. The maximum Gasteiger partial charge on any atom is 0.273 e. The van der Waals surface area contributed by atoms with E-state index in [1.807, 2.05) is 6.07 Å². The van der Waals surface area contributed by atoms with Gasteiger partial charge in [0.05, 0.1) is 15.8 Å². The van der Waals surface area contributed by atoms with Crippen molar-refractivity contribution in [2.45, 2.75) is 26.7 Å². The molecule has 6 heteroatoms. The Morgan fingerprint density at radius 1 is 0.966 bits per heavy atom. The van der Waals surface area contributed by atoms with Gasteiger partial charge in [0, 0.05) is 12.8 Å². The van der Waals surface area contributed by atoms with E-state index in [0.717, 1.165) is 11.3 Å². The number of rotatable bonds is 6. The van der Waals surface area contributed by atoms with Gasteiger partial charge < -0.3 is 0 Å². The third-order valence-electron chi connectivity index (χ3n) is 4.42. The monoisotopic (exact) mass is 409 g/mol. The van der Waals surface area contributed by atoms with Gasteiger partial charge in [-0.15, -0.1) is 11.3 Å². The number of hydrogen-bond donors (Lipinski definition) is 0. The van der Waals surface area contributed by atoms with Crippen LogP contribution in [0.15, 0.2) is 59.4 Å². The van der Waals surface area contributed by atoms with Crippen molar-refractivity contribution in [3.05, 3.63) is 85.5 Å². The van der Waals surface area contributed by atoms with E-state index in [4.69, 9.17) is 0 Å². The molecule has 3 aromatic rings. The fraction of sp³-hybridized carbons (Fsp3) is 0.174. The van der Waals surface area contributed by atoms with Crippen molar-refractivity contribution in [2.24, 2.45) is 0 Å². The summed E-state index contributed by atoms with van der Waals surface area (Å²) in [4.78, 5) is 38.4. The van der Waals surface area contributed by atoms with Crippen LogP contribution in [0, 0.1) is 5.82 Å². The zero-order valence-electron chi connectivity index (χ0n) is 16.1. The number of para-hydroxylation sites is 1. The van der Waals surface area contributed by atoms with Crippen molar-refractivity contribution >= 4 is 34.6 Å². The summed E-state index contributed by atoms with van der Waals surface area (Å²) in [7, 11) is 0. The molecule has 0 unspecified atom stereocenters. The molecule has 0 bridgehead atoms. The molecule has 0 aliphatic heterocycles. The number of benzene rings is 2. The lowest BCUT2D eigenvalue weighted by atomic mass is 10.0. The lowest BCUT2D eigenvalue weighted by Gasteiger charge is -2.06. The Labute approximate surface area is 171 Å². The SMILES string of the molecule is CCC(=O)C(C(=O)CC)=c1sc(=Cc2ccc(F)cc2)c(=O)n1-c1ccccc1. The Hall–Kier alpha value is -3.12. The molecule has 0 aliphatic carbocycles. The summed E-state index contributed by atoms with van der Waals surface area (Å²) in [5, 5.41) is 0. The minimum atomic E-state index is -0.367. The fourth-order valence-electron chi connectivity index (χ4n) is 2.92. The Bertz CT molecular complexity index is 1200. The molecule has 0 radical (unpaired) electrons. The van der Waals surface area contributed by atoms with Gasteiger partial charge in [-0.05, 0) is 35.9 Å². The molecule has 0 aliphatic rings. The summed E-state index contributed by atoms with van der Waals surface area (Å²) in [6, 6.07) is 14.7. The maximum atomic E-state index is 13.2. The summed E-state index contributed by atoms with van der Waals surface area (Å²) in [6.07, 6.45) is 1.97. The number of nitrogens with zero attached hydrogens (tertiary/aromatic N) is 1. The molecule has 0 atom stereocenters. The van der Waals surface area contributed by atoms with Crippen LogP contribution in [-0.4, -0.2) is 16.1 Å². The van der Waals surface area contributed by atoms with Crippen LogP contribution >= 0.6 is 11.3 Å². The minimum absolute atomic E-state index is 0.0553. The molecule has 0 fully saturated rings. The van der Waals surface area contributed by atoms with E-state index < -0.39 is 0 Å². The molecule has 1 aromatic heterocycles. The van der Waals surface area contributed by atoms with E-state index in [1.165, 1.54) is 16.7 Å². The van der Waals surface area contributed by atoms with Crippen LogP contribution in [0.2, 0.25) is 0 Å². The number of halogens is 1. The first-order valence-corrected chi connectivity index (χ1v) is 10.1. The van der Waals surface area contributed by atoms with E-state index >= 15 is 0 Å². The molecular weight excluding hydrogens is 389 g/mol. The van der Waals surface area contributed by atoms with Gasteiger partial charge in [0.1, 0.15) is 10.5 Å². The molecule has 4 nitrogen and oxygen atoms in total. The largest absolute Gasteiger partial charge is 0.294 e. The van der Waals surface area contributed by atoms with Crippen molar-refractivity contribution < 1.29 is 14.0 Å². The minimum Gasteiger partial charge on any atom is -0.294 e. The first kappa shape index (κ1) is 20.6. The number of Topliss-reactive ketones (excluding diaryl/α,β-unsaturated/α-hetero) is 2. The highest BCUT2D eigenvalue weighted by Gasteiger charge is 2.20. The van der Waals surface area contributed by atoms with Crippen molar-refractivity contribution in [3.8, 4) is 5.69 Å². The quantitative estimate of drug-likeness (QED) is 0.588. The number of carbonyl (C=O) groups is 2. The van der Waals surface area contributed by atoms with Gasteiger partial charge in [-0.2, -0.15) is 0 Å². The second-order valence-electron chi connectivity index (χ2n) is 6.37. The maximum absolute atomic E-state index is 13.2. The lowest BCUT2D eigenvalue weighted by molar-refractivity contribution is -0.118. The summed E-state index contributed by atoms with van der Waals surface area (Å²) in [5.41, 5.74) is 0.958. The van der Waals surface area contributed by atoms with Crippen molar-refractivity contribution in [2.75, 3.05) is 0 Å². The first-order valence-electron chi connectivity index (χ1n) is 9.31. The van der Waals surface area contributed by atoms with Gasteiger partial charge in [0.25, 0.3) is 5.56 Å². The predicted molar refractivity (Wildman–Crippen MR) is 113 cm³/mol. The van der Waals surface area contributed by atoms with E-state index in [0.29, 0.717) is 20.4 Å². The molecule has 148 valence electrons. The van der Waals surface area contributed by atoms with E-state index in [9.17, 15) is 18.8 Å². The fourth-order valence-corrected chi connectivity index (χ4v) is 4.11. The molecule has 0 saturated carbocycles. The summed E-state index contributed by atoms with van der Waals surface area (Å²) in [6.45, 7) is 3.38. The highest BCUT2D eigenvalue weighted by Crippen LogP contribution is 2.09. The van der Waals surface area contributed by atoms with Gasteiger partial charge in [-0.3, -0.25) is 19.0 Å². The Morgan fingerprint density at radius 2 is 1.55 bits per heavy atom. The zero-order chi connectivity index (χ0) is 21.0. The number of carbonyl (C=O) groups excluding carboxylic acids is 2. The zero-order valence-corrected chi connectivity index (χ0v) is 17.0. The normalized spacial score (nSPS) is 11.5. The van der Waals surface area contributed by atoms with Gasteiger partial charge in [0.2, 0.25) is 0 Å². The smallest absolute Gasteiger partial charge is 0.273 e. The van der Waals surface area contributed by atoms with Crippen LogP contribution in [0.3, 0.4) is 0 Å². The average Bonchev–Trinajstić information content (AvgIpc) is 3.05. The van der Waals surface area contributed by atoms with Crippen LogP contribution < -0.4 is 14.8 Å².